The summed E-state index contributed by atoms with van der Waals surface area (Å²) in [5, 5.41) is 8.81. The minimum absolute atomic E-state index is 0.0159. The van der Waals surface area contributed by atoms with Crippen LogP contribution in [0, 0.1) is 11.8 Å². The number of aliphatic carboxylic acids is 1. The molecule has 6 atom stereocenters. The molecule has 7 heteroatoms. The number of carbonyl (C=O) groups is 2. The number of hydrogen-bond acceptors (Lipinski definition) is 6. The van der Waals surface area contributed by atoms with E-state index in [9.17, 15) is 9.59 Å². The van der Waals surface area contributed by atoms with Crippen LogP contribution in [0.15, 0.2) is 47.3 Å². The van der Waals surface area contributed by atoms with Crippen LogP contribution in [0.5, 0.6) is 0 Å². The van der Waals surface area contributed by atoms with Crippen LogP contribution in [0.4, 0.5) is 0 Å². The second-order valence-corrected chi connectivity index (χ2v) is 7.99. The molecule has 0 bridgehead atoms. The maximum atomic E-state index is 12.3. The van der Waals surface area contributed by atoms with E-state index >= 15 is 0 Å². The molecule has 7 nitrogen and oxygen atoms in total. The third-order valence-corrected chi connectivity index (χ3v) is 6.21. The van der Waals surface area contributed by atoms with Crippen molar-refractivity contribution < 1.29 is 33.6 Å². The standard InChI is InChI=1S/C22H26O7/c1-12(10-14(26-2)6-7-17(24)25)9-13-5-4-8-22(27-3)18(13)15-11-16(23)20-21(28-20)19(15)29-22/h6-7,9-11,13,18-21H,4-5,8H2,1-3H3,(H,24,25)/b7-6?,12-9+,14-10?. The maximum Gasteiger partial charge on any atom is 0.328 e. The zero-order valence-electron chi connectivity index (χ0n) is 16.8. The van der Waals surface area contributed by atoms with E-state index in [-0.39, 0.29) is 35.9 Å². The molecule has 6 unspecified atom stereocenters. The lowest BCUT2D eigenvalue weighted by atomic mass is 9.70. The van der Waals surface area contributed by atoms with Crippen LogP contribution in [-0.4, -0.2) is 55.2 Å². The Kier molecular flexibility index (Phi) is 5.23. The van der Waals surface area contributed by atoms with Crippen LogP contribution >= 0.6 is 0 Å². The predicted octanol–water partition coefficient (Wildman–Crippen LogP) is 2.54. The van der Waals surface area contributed by atoms with Crippen LogP contribution in [0.25, 0.3) is 0 Å². The molecule has 0 aromatic rings. The number of hydrogen-bond donors (Lipinski definition) is 1. The number of allylic oxidation sites excluding steroid dienone is 4. The van der Waals surface area contributed by atoms with Crippen molar-refractivity contribution in [3.05, 3.63) is 47.3 Å². The smallest absolute Gasteiger partial charge is 0.328 e. The molecular weight excluding hydrogens is 376 g/mol. The van der Waals surface area contributed by atoms with Gasteiger partial charge in [0.05, 0.1) is 7.11 Å². The van der Waals surface area contributed by atoms with E-state index in [1.807, 2.05) is 6.92 Å². The molecule has 2 heterocycles. The molecule has 4 rings (SSSR count). The number of methoxy groups -OCH3 is 2. The first-order valence-corrected chi connectivity index (χ1v) is 9.87. The second kappa shape index (κ2) is 7.55. The van der Waals surface area contributed by atoms with E-state index in [1.54, 1.807) is 19.3 Å². The van der Waals surface area contributed by atoms with Crippen LogP contribution in [0.1, 0.15) is 26.2 Å². The molecule has 2 aliphatic heterocycles. The van der Waals surface area contributed by atoms with E-state index < -0.39 is 11.8 Å². The Bertz CT molecular complexity index is 836. The quantitative estimate of drug-likeness (QED) is 0.316. The normalized spacial score (nSPS) is 38.9. The highest BCUT2D eigenvalue weighted by Gasteiger charge is 2.65. The summed E-state index contributed by atoms with van der Waals surface area (Å²) in [7, 11) is 3.16. The summed E-state index contributed by atoms with van der Waals surface area (Å²) < 4.78 is 23.1. The van der Waals surface area contributed by atoms with Gasteiger partial charge in [-0.15, -0.1) is 0 Å². The van der Waals surface area contributed by atoms with Crippen LogP contribution in [-0.2, 0) is 28.5 Å². The van der Waals surface area contributed by atoms with E-state index in [0.29, 0.717) is 5.76 Å². The summed E-state index contributed by atoms with van der Waals surface area (Å²) >= 11 is 0. The van der Waals surface area contributed by atoms with Gasteiger partial charge < -0.3 is 24.1 Å². The highest BCUT2D eigenvalue weighted by Crippen LogP contribution is 2.57. The van der Waals surface area contributed by atoms with Gasteiger partial charge in [-0.05, 0) is 49.5 Å². The minimum Gasteiger partial charge on any atom is -0.497 e. The first kappa shape index (κ1) is 20.1. The minimum atomic E-state index is -1.03. The monoisotopic (exact) mass is 402 g/mol. The highest BCUT2D eigenvalue weighted by molar-refractivity contribution is 5.98. The average molecular weight is 402 g/mol. The number of ketones is 1. The Morgan fingerprint density at radius 2 is 2.10 bits per heavy atom. The lowest BCUT2D eigenvalue weighted by Gasteiger charge is -2.41. The summed E-state index contributed by atoms with van der Waals surface area (Å²) in [6.45, 7) is 1.95. The van der Waals surface area contributed by atoms with Crippen molar-refractivity contribution in [2.45, 2.75) is 50.3 Å². The van der Waals surface area contributed by atoms with Gasteiger partial charge in [-0.2, -0.15) is 0 Å². The fourth-order valence-corrected chi connectivity index (χ4v) is 4.98. The summed E-state index contributed by atoms with van der Waals surface area (Å²) in [4.78, 5) is 23.0. The van der Waals surface area contributed by atoms with Crippen molar-refractivity contribution in [3.8, 4) is 0 Å². The van der Waals surface area contributed by atoms with Gasteiger partial charge in [0.1, 0.15) is 24.1 Å². The first-order valence-electron chi connectivity index (χ1n) is 9.87. The number of ether oxygens (including phenoxy) is 4. The summed E-state index contributed by atoms with van der Waals surface area (Å²) in [6.07, 6.45) is 10.0. The zero-order valence-corrected chi connectivity index (χ0v) is 16.8. The van der Waals surface area contributed by atoms with Gasteiger partial charge in [0.2, 0.25) is 0 Å². The van der Waals surface area contributed by atoms with Gasteiger partial charge in [-0.3, -0.25) is 4.79 Å². The Hall–Kier alpha value is -2.22. The third-order valence-electron chi connectivity index (χ3n) is 6.21. The molecule has 1 N–H and O–H groups in total. The number of carboxylic acids is 1. The number of epoxide rings is 1. The topological polar surface area (TPSA) is 94.6 Å². The molecule has 0 aromatic heterocycles. The molecule has 0 aromatic carbocycles. The largest absolute Gasteiger partial charge is 0.497 e. The summed E-state index contributed by atoms with van der Waals surface area (Å²) in [5.41, 5.74) is 1.92. The number of carbonyl (C=O) groups excluding carboxylic acids is 1. The third kappa shape index (κ3) is 3.58. The van der Waals surface area contributed by atoms with Crippen molar-refractivity contribution in [1.82, 2.24) is 0 Å². The molecule has 4 aliphatic rings. The maximum absolute atomic E-state index is 12.3. The van der Waals surface area contributed by atoms with Gasteiger partial charge in [0, 0.05) is 25.5 Å². The van der Waals surface area contributed by atoms with E-state index in [1.165, 1.54) is 13.2 Å². The Labute approximate surface area is 169 Å². The Morgan fingerprint density at radius 3 is 2.79 bits per heavy atom. The Morgan fingerprint density at radius 1 is 1.31 bits per heavy atom. The molecule has 2 saturated heterocycles. The van der Waals surface area contributed by atoms with Crippen LogP contribution in [0.2, 0.25) is 0 Å². The van der Waals surface area contributed by atoms with E-state index in [2.05, 4.69) is 6.08 Å². The van der Waals surface area contributed by atoms with Crippen molar-refractivity contribution >= 4 is 11.8 Å². The van der Waals surface area contributed by atoms with E-state index in [0.717, 1.165) is 36.5 Å². The number of fused-ring (bicyclic) bond motifs is 5. The lowest BCUT2D eigenvalue weighted by Crippen LogP contribution is -2.44. The highest BCUT2D eigenvalue weighted by atomic mass is 16.7. The molecule has 0 amide bonds. The van der Waals surface area contributed by atoms with Gasteiger partial charge in [0.25, 0.3) is 0 Å². The molecule has 2 aliphatic carbocycles. The van der Waals surface area contributed by atoms with Gasteiger partial charge in [-0.1, -0.05) is 11.6 Å². The van der Waals surface area contributed by atoms with Crippen molar-refractivity contribution in [2.24, 2.45) is 11.8 Å². The SMILES string of the molecule is COC(C=CC(=O)O)=C/C(C)=C/C1CCCC2(OC)OC3C(=CC(=O)C4OC43)C12. The average Bonchev–Trinajstić information content (AvgIpc) is 3.43. The molecule has 0 radical (unpaired) electrons. The van der Waals surface area contributed by atoms with Crippen molar-refractivity contribution in [1.29, 1.82) is 0 Å². The molecule has 156 valence electrons. The van der Waals surface area contributed by atoms with Crippen molar-refractivity contribution in [3.63, 3.8) is 0 Å². The zero-order chi connectivity index (χ0) is 20.8. The fourth-order valence-electron chi connectivity index (χ4n) is 4.98. The molecule has 29 heavy (non-hydrogen) atoms. The summed E-state index contributed by atoms with van der Waals surface area (Å²) in [6, 6.07) is 0. The van der Waals surface area contributed by atoms with Crippen LogP contribution in [0.3, 0.4) is 0 Å². The van der Waals surface area contributed by atoms with Gasteiger partial charge in [0.15, 0.2) is 11.6 Å². The predicted molar refractivity (Wildman–Crippen MR) is 103 cm³/mol. The van der Waals surface area contributed by atoms with Gasteiger partial charge in [-0.25, -0.2) is 4.79 Å². The van der Waals surface area contributed by atoms with E-state index in [4.69, 9.17) is 24.1 Å². The number of rotatable bonds is 6. The lowest BCUT2D eigenvalue weighted by molar-refractivity contribution is -0.250. The summed E-state index contributed by atoms with van der Waals surface area (Å²) in [5.74, 6) is -1.23. The fraction of sp³-hybridized carbons (Fsp3) is 0.545. The Balaban J connectivity index is 1.64. The van der Waals surface area contributed by atoms with Crippen molar-refractivity contribution in [2.75, 3.05) is 14.2 Å². The molecule has 3 fully saturated rings. The first-order chi connectivity index (χ1) is 13.9. The molecule has 1 saturated carbocycles. The second-order valence-electron chi connectivity index (χ2n) is 7.99. The molecule has 0 spiro atoms. The van der Waals surface area contributed by atoms with Crippen LogP contribution < -0.4 is 0 Å². The molecular formula is C22H26O7. The number of carboxylic acid groups (broad SMARTS) is 1. The van der Waals surface area contributed by atoms with Gasteiger partial charge >= 0.3 is 5.97 Å².